The number of phenolic OH excluding ortho intramolecular Hbond substituents is 1. The zero-order valence-electron chi connectivity index (χ0n) is 25.0. The molecule has 0 radical (unpaired) electrons. The van der Waals surface area contributed by atoms with Crippen LogP contribution >= 0.6 is 0 Å². The van der Waals surface area contributed by atoms with Gasteiger partial charge in [0.25, 0.3) is 0 Å². The molecule has 2 fully saturated rings. The lowest BCUT2D eigenvalue weighted by molar-refractivity contribution is -0.157. The van der Waals surface area contributed by atoms with E-state index in [1.807, 2.05) is 32.9 Å². The van der Waals surface area contributed by atoms with E-state index in [-0.39, 0.29) is 28.7 Å². The first-order valence-electron chi connectivity index (χ1n) is 15.1. The van der Waals surface area contributed by atoms with Crippen LogP contribution in [0.3, 0.4) is 0 Å². The van der Waals surface area contributed by atoms with Crippen molar-refractivity contribution < 1.29 is 34.0 Å². The molecule has 6 rings (SSSR count). The lowest BCUT2D eigenvalue weighted by atomic mass is 9.55. The molecule has 2 aromatic carbocycles. The summed E-state index contributed by atoms with van der Waals surface area (Å²) in [6, 6.07) is 9.19. The van der Waals surface area contributed by atoms with E-state index in [4.69, 9.17) is 19.3 Å². The van der Waals surface area contributed by atoms with Gasteiger partial charge in [-0.1, -0.05) is 19.9 Å². The maximum absolute atomic E-state index is 11.8. The van der Waals surface area contributed by atoms with Crippen molar-refractivity contribution in [3.8, 4) is 17.2 Å². The largest absolute Gasteiger partial charge is 0.508 e. The molecule has 5 atom stereocenters. The molecule has 7 heteroatoms. The van der Waals surface area contributed by atoms with Crippen molar-refractivity contribution in [2.24, 2.45) is 17.3 Å². The predicted octanol–water partition coefficient (Wildman–Crippen LogP) is 7.07. The van der Waals surface area contributed by atoms with Crippen LogP contribution in [0.1, 0.15) is 106 Å². The first-order chi connectivity index (χ1) is 19.5. The smallest absolute Gasteiger partial charge is 0.339 e. The Labute approximate surface area is 243 Å². The Balaban J connectivity index is 0.000000175. The van der Waals surface area contributed by atoms with Crippen LogP contribution < -0.4 is 9.47 Å². The van der Waals surface area contributed by atoms with Gasteiger partial charge in [0.15, 0.2) is 0 Å². The molecule has 0 saturated heterocycles. The van der Waals surface area contributed by atoms with Crippen molar-refractivity contribution in [3.05, 3.63) is 52.6 Å². The maximum atomic E-state index is 11.8. The second kappa shape index (κ2) is 11.2. The lowest BCUT2D eigenvalue weighted by Gasteiger charge is -2.50. The topological polar surface area (TPSA) is 102 Å². The average molecular weight is 565 g/mol. The summed E-state index contributed by atoms with van der Waals surface area (Å²) in [5.41, 5.74) is 3.79. The van der Waals surface area contributed by atoms with E-state index in [2.05, 4.69) is 13.0 Å². The summed E-state index contributed by atoms with van der Waals surface area (Å²) in [4.78, 5) is 22.9. The highest BCUT2D eigenvalue weighted by Gasteiger charge is 2.56. The molecule has 3 aliphatic carbocycles. The second-order valence-electron chi connectivity index (χ2n) is 13.0. The summed E-state index contributed by atoms with van der Waals surface area (Å²) < 4.78 is 16.9. The molecule has 2 N–H and O–H groups in total. The number of rotatable bonds is 4. The fourth-order valence-electron chi connectivity index (χ4n) is 8.07. The molecule has 0 bridgehead atoms. The molecule has 0 amide bonds. The van der Waals surface area contributed by atoms with Gasteiger partial charge in [-0.05, 0) is 118 Å². The van der Waals surface area contributed by atoms with Gasteiger partial charge in [-0.15, -0.1) is 0 Å². The molecule has 1 aliphatic heterocycles. The minimum Gasteiger partial charge on any atom is -0.508 e. The molecule has 0 spiro atoms. The Morgan fingerprint density at radius 1 is 1.02 bits per heavy atom. The number of aromatic hydroxyl groups is 1. The first-order valence-corrected chi connectivity index (χ1v) is 15.1. The van der Waals surface area contributed by atoms with Crippen LogP contribution in [0.4, 0.5) is 0 Å². The normalized spacial score (nSPS) is 28.8. The molecule has 2 saturated carbocycles. The Morgan fingerprint density at radius 2 is 1.80 bits per heavy atom. The number of fused-ring (bicyclic) bond motifs is 6. The van der Waals surface area contributed by atoms with Crippen LogP contribution in [-0.2, 0) is 22.4 Å². The number of carbonyl (C=O) groups is 2. The monoisotopic (exact) mass is 564 g/mol. The summed E-state index contributed by atoms with van der Waals surface area (Å²) in [6.07, 6.45) is 9.00. The van der Waals surface area contributed by atoms with Crippen molar-refractivity contribution in [2.45, 2.75) is 103 Å². The van der Waals surface area contributed by atoms with Gasteiger partial charge in [0.1, 0.15) is 34.5 Å². The molecular weight excluding hydrogens is 520 g/mol. The number of aryl methyl sites for hydroxylation is 1. The van der Waals surface area contributed by atoms with Gasteiger partial charge < -0.3 is 24.4 Å². The average Bonchev–Trinajstić information content (AvgIpc) is 3.27. The van der Waals surface area contributed by atoms with E-state index >= 15 is 0 Å². The van der Waals surface area contributed by atoms with E-state index in [0.29, 0.717) is 35.7 Å². The van der Waals surface area contributed by atoms with Crippen molar-refractivity contribution in [1.29, 1.82) is 0 Å². The van der Waals surface area contributed by atoms with Crippen LogP contribution in [0.15, 0.2) is 30.3 Å². The van der Waals surface area contributed by atoms with Crippen LogP contribution in [0.2, 0.25) is 0 Å². The zero-order chi connectivity index (χ0) is 29.5. The quantitative estimate of drug-likeness (QED) is 0.383. The third-order valence-electron chi connectivity index (χ3n) is 10.2. The van der Waals surface area contributed by atoms with Gasteiger partial charge in [-0.3, -0.25) is 4.79 Å². The molecule has 2 aromatic rings. The molecule has 1 heterocycles. The molecule has 222 valence electrons. The standard InChI is InChI=1S/C21H28O3.C13H16O4/c1-3-20(23)24-19-9-8-18-17-6-4-13-12-14(22)5-7-15(13)16(17)10-11-21(18,19)2;1-13(2)7-6-8-10(17-13)5-4-9(12(14)15)11(8)16-3/h5,7,12,16-19,22H,3-4,6,8-11H2,1-2H3;4-5H,6-7H2,1-3H3,(H,14,15). The molecular formula is C34H44O7. The van der Waals surface area contributed by atoms with E-state index in [0.717, 1.165) is 43.4 Å². The van der Waals surface area contributed by atoms with E-state index in [1.165, 1.54) is 43.6 Å². The van der Waals surface area contributed by atoms with E-state index in [1.54, 1.807) is 6.07 Å². The van der Waals surface area contributed by atoms with Gasteiger partial charge in [0.2, 0.25) is 0 Å². The SMILES string of the molecule is CCC(=O)OC1CCC2C3CCc4cc(O)ccc4C3CCC12C.COc1c(C(=O)O)ccc2c1CCC(C)(C)O2. The van der Waals surface area contributed by atoms with Crippen molar-refractivity contribution >= 4 is 11.9 Å². The highest BCUT2D eigenvalue weighted by molar-refractivity contribution is 5.92. The molecule has 4 aliphatic rings. The van der Waals surface area contributed by atoms with Crippen LogP contribution in [0, 0.1) is 17.3 Å². The first kappa shape index (κ1) is 29.3. The Hall–Kier alpha value is -3.22. The predicted molar refractivity (Wildman–Crippen MR) is 156 cm³/mol. The van der Waals surface area contributed by atoms with Gasteiger partial charge in [-0.2, -0.15) is 0 Å². The number of hydrogen-bond acceptors (Lipinski definition) is 6. The molecule has 5 unspecified atom stereocenters. The summed E-state index contributed by atoms with van der Waals surface area (Å²) in [5.74, 6) is 2.49. The Bertz CT molecular complexity index is 1310. The van der Waals surface area contributed by atoms with Gasteiger partial charge in [0, 0.05) is 17.4 Å². The lowest BCUT2D eigenvalue weighted by Crippen LogP contribution is -2.45. The maximum Gasteiger partial charge on any atom is 0.339 e. The third kappa shape index (κ3) is 5.52. The van der Waals surface area contributed by atoms with E-state index in [9.17, 15) is 14.7 Å². The van der Waals surface area contributed by atoms with Gasteiger partial charge in [0.05, 0.1) is 7.11 Å². The number of methoxy groups -OCH3 is 1. The minimum atomic E-state index is -0.977. The van der Waals surface area contributed by atoms with Gasteiger partial charge in [-0.25, -0.2) is 4.79 Å². The van der Waals surface area contributed by atoms with Crippen molar-refractivity contribution in [1.82, 2.24) is 0 Å². The third-order valence-corrected chi connectivity index (χ3v) is 10.2. The van der Waals surface area contributed by atoms with Crippen LogP contribution in [0.5, 0.6) is 17.2 Å². The summed E-state index contributed by atoms with van der Waals surface area (Å²) in [7, 11) is 1.49. The fraction of sp³-hybridized carbons (Fsp3) is 0.588. The second-order valence-corrected chi connectivity index (χ2v) is 13.0. The molecule has 0 aromatic heterocycles. The number of carbonyl (C=O) groups excluding carboxylic acids is 1. The number of aromatic carboxylic acids is 1. The van der Waals surface area contributed by atoms with E-state index < -0.39 is 5.97 Å². The number of hydrogen-bond donors (Lipinski definition) is 2. The Morgan fingerprint density at radius 3 is 2.51 bits per heavy atom. The zero-order valence-corrected chi connectivity index (χ0v) is 25.0. The van der Waals surface area contributed by atoms with Crippen molar-refractivity contribution in [3.63, 3.8) is 0 Å². The van der Waals surface area contributed by atoms with Crippen LogP contribution in [-0.4, -0.2) is 41.0 Å². The summed E-state index contributed by atoms with van der Waals surface area (Å²) in [5, 5.41) is 18.8. The number of benzene rings is 2. The summed E-state index contributed by atoms with van der Waals surface area (Å²) >= 11 is 0. The number of carboxylic acid groups (broad SMARTS) is 1. The molecule has 7 nitrogen and oxygen atoms in total. The number of phenols is 1. The van der Waals surface area contributed by atoms with Crippen molar-refractivity contribution in [2.75, 3.05) is 7.11 Å². The number of esters is 1. The fourth-order valence-corrected chi connectivity index (χ4v) is 8.07. The minimum absolute atomic E-state index is 0.0477. The Kier molecular flexibility index (Phi) is 8.01. The van der Waals surface area contributed by atoms with Crippen LogP contribution in [0.25, 0.3) is 0 Å². The summed E-state index contributed by atoms with van der Waals surface area (Å²) in [6.45, 7) is 8.28. The highest BCUT2D eigenvalue weighted by atomic mass is 16.5. The number of carboxylic acids is 1. The van der Waals surface area contributed by atoms with Gasteiger partial charge >= 0.3 is 11.9 Å². The number of ether oxygens (including phenoxy) is 3. The highest BCUT2D eigenvalue weighted by Crippen LogP contribution is 2.61. The molecule has 41 heavy (non-hydrogen) atoms.